The van der Waals surface area contributed by atoms with Crippen LogP contribution in [0.2, 0.25) is 0 Å². The van der Waals surface area contributed by atoms with Crippen molar-refractivity contribution >= 4 is 0 Å². The minimum absolute atomic E-state index is 0.0543. The predicted octanol–water partition coefficient (Wildman–Crippen LogP) is 12.1. The van der Waals surface area contributed by atoms with E-state index in [0.29, 0.717) is 0 Å². The first-order valence-corrected chi connectivity index (χ1v) is 14.9. The summed E-state index contributed by atoms with van der Waals surface area (Å²) in [5.41, 5.74) is -1.82. The third kappa shape index (κ3) is 7.00. The molecule has 1 aliphatic rings. The first kappa shape index (κ1) is 48.0. The summed E-state index contributed by atoms with van der Waals surface area (Å²) in [5.74, 6) is -77.8. The fraction of sp³-hybridized carbons (Fsp3) is 0.600. The number of aliphatic hydroxyl groups excluding tert-OH is 1. The Hall–Kier alpha value is -3.42. The molecule has 0 aromatic heterocycles. The third-order valence-corrected chi connectivity index (χ3v) is 8.91. The van der Waals surface area contributed by atoms with Gasteiger partial charge in [-0.2, -0.15) is 114 Å². The molecule has 1 nitrogen and oxygen atoms in total. The molecule has 0 radical (unpaired) electrons. The second kappa shape index (κ2) is 13.8. The number of aryl methyl sites for hydroxylation is 2. The van der Waals surface area contributed by atoms with Crippen molar-refractivity contribution in [3.05, 3.63) is 58.7 Å². The van der Waals surface area contributed by atoms with Crippen LogP contribution in [0.3, 0.4) is 0 Å². The second-order valence-electron chi connectivity index (χ2n) is 12.6. The van der Waals surface area contributed by atoms with E-state index in [1.165, 1.54) is 0 Å². The van der Waals surface area contributed by atoms with E-state index in [0.717, 1.165) is 36.4 Å². The summed E-state index contributed by atoms with van der Waals surface area (Å²) in [5, 5.41) is 9.92. The van der Waals surface area contributed by atoms with Crippen molar-refractivity contribution in [2.45, 2.75) is 103 Å². The van der Waals surface area contributed by atoms with Gasteiger partial charge in [0.1, 0.15) is 0 Å². The molecule has 27 heteroatoms. The molecule has 0 atom stereocenters. The van der Waals surface area contributed by atoms with Gasteiger partial charge in [0.25, 0.3) is 0 Å². The van der Waals surface area contributed by atoms with Gasteiger partial charge >= 0.3 is 71.6 Å². The monoisotopic (exact) mass is 888 g/mol. The Labute approximate surface area is 299 Å². The quantitative estimate of drug-likeness (QED) is 0.177. The van der Waals surface area contributed by atoms with Gasteiger partial charge in [-0.1, -0.05) is 36.4 Å². The highest BCUT2D eigenvalue weighted by Crippen LogP contribution is 2.62. The van der Waals surface area contributed by atoms with Crippen molar-refractivity contribution < 1.29 is 119 Å². The van der Waals surface area contributed by atoms with E-state index in [4.69, 9.17) is 0 Å². The van der Waals surface area contributed by atoms with Crippen LogP contribution in [0.4, 0.5) is 114 Å². The Balaban J connectivity index is 1.87. The van der Waals surface area contributed by atoms with Gasteiger partial charge in [0.2, 0.25) is 0 Å². The molecule has 2 aromatic carbocycles. The molecule has 0 aliphatic heterocycles. The largest absolute Gasteiger partial charge is 0.460 e. The zero-order chi connectivity index (χ0) is 44.8. The van der Waals surface area contributed by atoms with Gasteiger partial charge < -0.3 is 5.11 Å². The summed E-state index contributed by atoms with van der Waals surface area (Å²) in [6, 6.07) is 4.79. The Morgan fingerprint density at radius 1 is 0.368 bits per heavy atom. The van der Waals surface area contributed by atoms with Gasteiger partial charge in [0.05, 0.1) is 6.61 Å². The Morgan fingerprint density at radius 3 is 0.877 bits per heavy atom. The zero-order valence-electron chi connectivity index (χ0n) is 26.9. The van der Waals surface area contributed by atoms with Gasteiger partial charge in [-0.3, -0.25) is 0 Å². The van der Waals surface area contributed by atoms with Gasteiger partial charge in [-0.15, -0.1) is 0 Å². The number of hydrogen-bond acceptors (Lipinski definition) is 1. The minimum atomic E-state index is -8.14. The van der Waals surface area contributed by atoms with Crippen molar-refractivity contribution in [1.29, 1.82) is 0 Å². The van der Waals surface area contributed by atoms with Crippen LogP contribution < -0.4 is 0 Å². The van der Waals surface area contributed by atoms with Gasteiger partial charge in [0, 0.05) is 18.8 Å². The van der Waals surface area contributed by atoms with E-state index in [1.54, 1.807) is 0 Å². The van der Waals surface area contributed by atoms with Crippen molar-refractivity contribution in [2.24, 2.45) is 0 Å². The van der Waals surface area contributed by atoms with Crippen LogP contribution in [0.25, 0.3) is 11.1 Å². The van der Waals surface area contributed by atoms with Gasteiger partial charge in [-0.25, -0.2) is 0 Å². The molecule has 0 saturated carbocycles. The molecule has 3 rings (SSSR count). The van der Waals surface area contributed by atoms with E-state index in [-0.39, 0.29) is 22.3 Å². The van der Waals surface area contributed by atoms with Crippen LogP contribution >= 0.6 is 0 Å². The first-order chi connectivity index (χ1) is 25.1. The number of benzene rings is 2. The molecule has 0 amide bonds. The molecule has 0 saturated heterocycles. The first-order valence-electron chi connectivity index (χ1n) is 14.9. The van der Waals surface area contributed by atoms with Gasteiger partial charge in [0.15, 0.2) is 0 Å². The summed E-state index contributed by atoms with van der Waals surface area (Å²) < 4.78 is 349. The van der Waals surface area contributed by atoms with Crippen LogP contribution in [0.1, 0.15) is 41.0 Å². The molecule has 1 N–H and O–H groups in total. The van der Waals surface area contributed by atoms with Crippen molar-refractivity contribution in [2.75, 3.05) is 6.61 Å². The number of rotatable bonds is 15. The predicted molar refractivity (Wildman–Crippen MR) is 139 cm³/mol. The summed E-state index contributed by atoms with van der Waals surface area (Å²) in [6.45, 7) is -1.08. The minimum Gasteiger partial charge on any atom is -0.395 e. The zero-order valence-corrected chi connectivity index (χ0v) is 26.9. The van der Waals surface area contributed by atoms with Crippen molar-refractivity contribution in [3.63, 3.8) is 0 Å². The lowest BCUT2D eigenvalue weighted by atomic mass is 9.90. The number of aliphatic hydroxyl groups is 1. The maximum atomic E-state index is 14.3. The molecular weight excluding hydrogens is 870 g/mol. The summed E-state index contributed by atoms with van der Waals surface area (Å²) >= 11 is 0. The Bertz CT molecular complexity index is 1660. The molecule has 0 unspecified atom stereocenters. The molecule has 2 aromatic rings. The average Bonchev–Trinajstić information content (AvgIpc) is 3.36. The standard InChI is InChI=1S/C30H18F26O/c31-19(32,21(35,36)23(39,40)25(43,44)27(47,48)29(51,52)53)7-5-12-1-3-14-15-4-2-13(10-17(15)18(11-57)16(14)9-12)6-8-20(33,34)22(37,38)24(41,42)26(45,46)28(49,50)30(54,55)56/h1-4,9-10,18,57H,5-8,11H2. The van der Waals surface area contributed by atoms with Crippen LogP contribution in [0, 0.1) is 0 Å². The summed E-state index contributed by atoms with van der Waals surface area (Å²) in [6.07, 6.45) is -23.6. The topological polar surface area (TPSA) is 20.2 Å². The molecule has 1 aliphatic carbocycles. The lowest BCUT2D eigenvalue weighted by molar-refractivity contribution is -0.440. The van der Waals surface area contributed by atoms with Crippen molar-refractivity contribution in [3.8, 4) is 11.1 Å². The highest BCUT2D eigenvalue weighted by molar-refractivity contribution is 5.79. The maximum Gasteiger partial charge on any atom is 0.460 e. The van der Waals surface area contributed by atoms with Crippen LogP contribution in [-0.4, -0.2) is 83.3 Å². The lowest BCUT2D eigenvalue weighted by Gasteiger charge is -2.39. The number of alkyl halides is 26. The fourth-order valence-corrected chi connectivity index (χ4v) is 5.49. The van der Waals surface area contributed by atoms with Gasteiger partial charge in [-0.05, 0) is 46.2 Å². The van der Waals surface area contributed by atoms with E-state index >= 15 is 0 Å². The van der Waals surface area contributed by atoms with E-state index in [9.17, 15) is 119 Å². The number of fused-ring (bicyclic) bond motifs is 3. The van der Waals surface area contributed by atoms with E-state index in [2.05, 4.69) is 0 Å². The normalized spacial score (nSPS) is 16.3. The van der Waals surface area contributed by atoms with Crippen LogP contribution in [0.5, 0.6) is 0 Å². The summed E-state index contributed by atoms with van der Waals surface area (Å²) in [4.78, 5) is 0. The molecule has 0 spiro atoms. The fourth-order valence-electron chi connectivity index (χ4n) is 5.49. The third-order valence-electron chi connectivity index (χ3n) is 8.91. The summed E-state index contributed by atoms with van der Waals surface area (Å²) in [7, 11) is 0. The highest BCUT2D eigenvalue weighted by atomic mass is 19.4. The van der Waals surface area contributed by atoms with Crippen LogP contribution in [0.15, 0.2) is 36.4 Å². The second-order valence-corrected chi connectivity index (χ2v) is 12.6. The van der Waals surface area contributed by atoms with E-state index < -0.39 is 121 Å². The number of hydrogen-bond donors (Lipinski definition) is 1. The molecule has 0 bridgehead atoms. The SMILES string of the molecule is OCC1c2cc(CCC(F)(F)C(F)(F)C(F)(F)C(F)(F)C(F)(F)C(F)(F)F)ccc2-c2ccc(CCC(F)(F)C(F)(F)C(F)(F)C(F)(F)C(F)(F)C(F)(F)F)cc21. The Morgan fingerprint density at radius 2 is 0.632 bits per heavy atom. The van der Waals surface area contributed by atoms with Crippen molar-refractivity contribution in [1.82, 2.24) is 0 Å². The van der Waals surface area contributed by atoms with E-state index in [1.807, 2.05) is 0 Å². The number of halogens is 26. The molecule has 0 heterocycles. The van der Waals surface area contributed by atoms with Crippen LogP contribution in [-0.2, 0) is 12.8 Å². The molecular formula is C30H18F26O. The molecule has 0 fully saturated rings. The smallest absolute Gasteiger partial charge is 0.395 e. The molecule has 326 valence electrons. The Kier molecular flexibility index (Phi) is 11.6. The average molecular weight is 888 g/mol. The highest BCUT2D eigenvalue weighted by Gasteiger charge is 2.92. The molecule has 57 heavy (non-hydrogen) atoms. The lowest BCUT2D eigenvalue weighted by Crippen LogP contribution is -2.70. The maximum absolute atomic E-state index is 14.3.